The fraction of sp³-hybridized carbons (Fsp3) is 0. The lowest BCUT2D eigenvalue weighted by molar-refractivity contribution is 0.485. The normalized spacial score (nSPS) is 11.1. The molecule has 0 aliphatic heterocycles. The molecule has 0 bridgehead atoms. The Hall–Kier alpha value is -3.37. The molecule has 5 rings (SSSR count). The van der Waals surface area contributed by atoms with Crippen LogP contribution < -0.4 is 0 Å². The molecule has 130 valence electrons. The fourth-order valence-electron chi connectivity index (χ4n) is 3.28. The van der Waals surface area contributed by atoms with Crippen LogP contribution >= 0.6 is 11.3 Å². The van der Waals surface area contributed by atoms with Crippen molar-refractivity contribution in [3.05, 3.63) is 91.0 Å². The van der Waals surface area contributed by atoms with E-state index in [1.54, 1.807) is 11.3 Å². The Labute approximate surface area is 160 Å². The maximum atomic E-state index is 10.7. The van der Waals surface area contributed by atoms with Gasteiger partial charge in [0.2, 0.25) is 0 Å². The minimum absolute atomic E-state index is 0.299. The maximum absolute atomic E-state index is 10.7. The molecule has 0 unspecified atom stereocenters. The first-order chi connectivity index (χ1) is 13.3. The topological polar surface area (TPSA) is 38.0 Å². The summed E-state index contributed by atoms with van der Waals surface area (Å²) in [4.78, 5) is 0.795. The fourth-order valence-corrected chi connectivity index (χ4v) is 4.33. The molecule has 27 heavy (non-hydrogen) atoms. The molecule has 0 radical (unpaired) electrons. The Morgan fingerprint density at radius 1 is 0.778 bits per heavy atom. The average molecular weight is 368 g/mol. The number of aromatic nitrogens is 2. The van der Waals surface area contributed by atoms with Crippen LogP contribution in [0.5, 0.6) is 5.75 Å². The van der Waals surface area contributed by atoms with Crippen LogP contribution in [0.1, 0.15) is 0 Å². The molecule has 1 N–H and O–H groups in total. The molecular formula is C23H16N2OS. The van der Waals surface area contributed by atoms with Gasteiger partial charge in [-0.15, -0.1) is 11.3 Å². The van der Waals surface area contributed by atoms with E-state index in [1.807, 2.05) is 83.5 Å². The second kappa shape index (κ2) is 6.41. The van der Waals surface area contributed by atoms with Crippen molar-refractivity contribution in [2.24, 2.45) is 0 Å². The quantitative estimate of drug-likeness (QED) is 0.416. The van der Waals surface area contributed by atoms with E-state index in [4.69, 9.17) is 5.10 Å². The van der Waals surface area contributed by atoms with Crippen molar-refractivity contribution in [2.45, 2.75) is 0 Å². The predicted octanol–water partition coefficient (Wildman–Crippen LogP) is 6.13. The third-order valence-electron chi connectivity index (χ3n) is 4.58. The van der Waals surface area contributed by atoms with Crippen molar-refractivity contribution in [1.82, 2.24) is 9.78 Å². The number of nitrogens with zero attached hydrogens (tertiary/aromatic N) is 2. The molecule has 3 nitrogen and oxygen atoms in total. The summed E-state index contributed by atoms with van der Waals surface area (Å²) in [5, 5.41) is 16.5. The van der Waals surface area contributed by atoms with Gasteiger partial charge in [-0.3, -0.25) is 0 Å². The smallest absolute Gasteiger partial charge is 0.143 e. The molecule has 3 aromatic carbocycles. The number of hydrogen-bond acceptors (Lipinski definition) is 3. The molecule has 0 aliphatic rings. The van der Waals surface area contributed by atoms with Crippen molar-refractivity contribution in [1.29, 1.82) is 0 Å². The molecule has 0 saturated heterocycles. The van der Waals surface area contributed by atoms with Gasteiger partial charge in [0, 0.05) is 15.6 Å². The summed E-state index contributed by atoms with van der Waals surface area (Å²) >= 11 is 1.56. The predicted molar refractivity (Wildman–Crippen MR) is 111 cm³/mol. The Morgan fingerprint density at radius 2 is 1.44 bits per heavy atom. The zero-order valence-corrected chi connectivity index (χ0v) is 15.2. The van der Waals surface area contributed by atoms with Crippen LogP contribution in [0.25, 0.3) is 37.6 Å². The van der Waals surface area contributed by atoms with Crippen LogP contribution in [-0.2, 0) is 0 Å². The molecule has 0 spiro atoms. The van der Waals surface area contributed by atoms with Crippen molar-refractivity contribution >= 4 is 21.4 Å². The molecule has 2 aromatic heterocycles. The molecule has 4 heteroatoms. The SMILES string of the molecule is Oc1c(-c2cc(-c3ccccc3)n(-c3ccccc3)n2)sc2ccccc12. The summed E-state index contributed by atoms with van der Waals surface area (Å²) in [5.74, 6) is 0.299. The Balaban J connectivity index is 1.74. The van der Waals surface area contributed by atoms with Gasteiger partial charge in [0.05, 0.1) is 16.3 Å². The van der Waals surface area contributed by atoms with Crippen molar-refractivity contribution in [2.75, 3.05) is 0 Å². The third kappa shape index (κ3) is 2.71. The monoisotopic (exact) mass is 368 g/mol. The maximum Gasteiger partial charge on any atom is 0.143 e. The third-order valence-corrected chi connectivity index (χ3v) is 5.76. The van der Waals surface area contributed by atoms with Gasteiger partial charge in [0.25, 0.3) is 0 Å². The van der Waals surface area contributed by atoms with E-state index in [-0.39, 0.29) is 0 Å². The number of hydrogen-bond donors (Lipinski definition) is 1. The van der Waals surface area contributed by atoms with E-state index in [9.17, 15) is 5.11 Å². The van der Waals surface area contributed by atoms with Crippen LogP contribution in [0.2, 0.25) is 0 Å². The molecule has 2 heterocycles. The number of thiophene rings is 1. The minimum Gasteiger partial charge on any atom is -0.506 e. The van der Waals surface area contributed by atoms with Crippen molar-refractivity contribution in [3.63, 3.8) is 0 Å². The Bertz CT molecular complexity index is 1170. The lowest BCUT2D eigenvalue weighted by Gasteiger charge is -2.07. The molecule has 0 aliphatic carbocycles. The molecule has 0 fully saturated rings. The first-order valence-electron chi connectivity index (χ1n) is 8.73. The standard InChI is InChI=1S/C23H16N2OS/c26-22-18-13-7-8-14-21(18)27-23(22)19-15-20(16-9-3-1-4-10-16)25(24-19)17-11-5-2-6-12-17/h1-15,26H. The van der Waals surface area contributed by atoms with Gasteiger partial charge in [-0.2, -0.15) is 5.10 Å². The molecule has 0 amide bonds. The number of rotatable bonds is 3. The van der Waals surface area contributed by atoms with Crippen molar-refractivity contribution < 1.29 is 5.11 Å². The van der Waals surface area contributed by atoms with E-state index >= 15 is 0 Å². The molecule has 0 atom stereocenters. The number of para-hydroxylation sites is 1. The Kier molecular flexibility index (Phi) is 3.77. The van der Waals surface area contributed by atoms with Crippen LogP contribution in [-0.4, -0.2) is 14.9 Å². The second-order valence-electron chi connectivity index (χ2n) is 6.30. The van der Waals surface area contributed by atoms with Crippen LogP contribution in [0.4, 0.5) is 0 Å². The first-order valence-corrected chi connectivity index (χ1v) is 9.55. The van der Waals surface area contributed by atoms with E-state index in [1.165, 1.54) is 0 Å². The summed E-state index contributed by atoms with van der Waals surface area (Å²) in [5.41, 5.74) is 3.84. The highest BCUT2D eigenvalue weighted by Crippen LogP contribution is 2.44. The lowest BCUT2D eigenvalue weighted by atomic mass is 10.1. The van der Waals surface area contributed by atoms with Gasteiger partial charge in [-0.05, 0) is 30.3 Å². The van der Waals surface area contributed by atoms with E-state index < -0.39 is 0 Å². The minimum atomic E-state index is 0.299. The van der Waals surface area contributed by atoms with Crippen LogP contribution in [0, 0.1) is 0 Å². The van der Waals surface area contributed by atoms with Gasteiger partial charge in [0.1, 0.15) is 11.4 Å². The van der Waals surface area contributed by atoms with E-state index in [2.05, 4.69) is 12.1 Å². The van der Waals surface area contributed by atoms with Crippen molar-refractivity contribution in [3.8, 4) is 33.3 Å². The summed E-state index contributed by atoms with van der Waals surface area (Å²) in [6, 6.07) is 30.2. The summed E-state index contributed by atoms with van der Waals surface area (Å²) in [6.07, 6.45) is 0. The first kappa shape index (κ1) is 15.9. The van der Waals surface area contributed by atoms with Gasteiger partial charge in [-0.1, -0.05) is 60.7 Å². The second-order valence-corrected chi connectivity index (χ2v) is 7.36. The summed E-state index contributed by atoms with van der Waals surface area (Å²) in [6.45, 7) is 0. The summed E-state index contributed by atoms with van der Waals surface area (Å²) in [7, 11) is 0. The average Bonchev–Trinajstić information content (AvgIpc) is 3.31. The highest BCUT2D eigenvalue weighted by molar-refractivity contribution is 7.22. The largest absolute Gasteiger partial charge is 0.506 e. The van der Waals surface area contributed by atoms with Gasteiger partial charge >= 0.3 is 0 Å². The van der Waals surface area contributed by atoms with Crippen LogP contribution in [0.15, 0.2) is 91.0 Å². The molecule has 0 saturated carbocycles. The summed E-state index contributed by atoms with van der Waals surface area (Å²) < 4.78 is 3.00. The number of aromatic hydroxyl groups is 1. The van der Waals surface area contributed by atoms with Gasteiger partial charge in [-0.25, -0.2) is 4.68 Å². The van der Waals surface area contributed by atoms with Gasteiger partial charge in [0.15, 0.2) is 0 Å². The zero-order chi connectivity index (χ0) is 18.2. The molecule has 5 aromatic rings. The van der Waals surface area contributed by atoms with E-state index in [0.717, 1.165) is 37.6 Å². The Morgan fingerprint density at radius 3 is 2.19 bits per heavy atom. The van der Waals surface area contributed by atoms with E-state index in [0.29, 0.717) is 5.75 Å². The molecular weight excluding hydrogens is 352 g/mol. The van der Waals surface area contributed by atoms with Gasteiger partial charge < -0.3 is 5.11 Å². The highest BCUT2D eigenvalue weighted by Gasteiger charge is 2.18. The lowest BCUT2D eigenvalue weighted by Crippen LogP contribution is -1.98. The number of benzene rings is 3. The highest BCUT2D eigenvalue weighted by atomic mass is 32.1. The van der Waals surface area contributed by atoms with Crippen LogP contribution in [0.3, 0.4) is 0 Å². The number of fused-ring (bicyclic) bond motifs is 1. The zero-order valence-electron chi connectivity index (χ0n) is 14.4.